The highest BCUT2D eigenvalue weighted by molar-refractivity contribution is 7.99. The number of hydrogen-bond donors (Lipinski definition) is 2. The summed E-state index contributed by atoms with van der Waals surface area (Å²) in [5.41, 5.74) is 5.51. The maximum Gasteiger partial charge on any atom is 0.00308 e. The quantitative estimate of drug-likeness (QED) is 0.709. The van der Waals surface area contributed by atoms with Crippen LogP contribution in [-0.2, 0) is 0 Å². The van der Waals surface area contributed by atoms with Gasteiger partial charge in [0, 0.05) is 5.25 Å². The lowest BCUT2D eigenvalue weighted by atomic mass is 10.0. The third kappa shape index (κ3) is 4.89. The minimum Gasteiger partial charge on any atom is -0.330 e. The van der Waals surface area contributed by atoms with Gasteiger partial charge in [-0.15, -0.1) is 0 Å². The second-order valence-electron chi connectivity index (χ2n) is 3.91. The Bertz CT molecular complexity index is 124. The Hall–Kier alpha value is 0.270. The van der Waals surface area contributed by atoms with Crippen LogP contribution in [0, 0.1) is 5.92 Å². The Morgan fingerprint density at radius 1 is 1.46 bits per heavy atom. The minimum absolute atomic E-state index is 0.750. The van der Waals surface area contributed by atoms with E-state index in [2.05, 4.69) is 24.0 Å². The molecular formula is C10H22N2S. The van der Waals surface area contributed by atoms with Crippen molar-refractivity contribution < 1.29 is 0 Å². The summed E-state index contributed by atoms with van der Waals surface area (Å²) < 4.78 is 0. The molecule has 1 atom stereocenters. The Labute approximate surface area is 86.0 Å². The number of nitrogens with two attached hydrogens (primary N) is 1. The molecule has 1 saturated heterocycles. The van der Waals surface area contributed by atoms with Gasteiger partial charge in [-0.05, 0) is 50.6 Å². The summed E-state index contributed by atoms with van der Waals surface area (Å²) in [4.78, 5) is 0. The van der Waals surface area contributed by atoms with Crippen LogP contribution in [0.4, 0.5) is 0 Å². The van der Waals surface area contributed by atoms with Crippen molar-refractivity contribution >= 4 is 11.8 Å². The third-order valence-electron chi connectivity index (χ3n) is 2.65. The molecule has 3 N–H and O–H groups in total. The zero-order valence-corrected chi connectivity index (χ0v) is 9.41. The zero-order valence-electron chi connectivity index (χ0n) is 8.59. The first-order chi connectivity index (χ1) is 6.33. The molecule has 78 valence electrons. The Morgan fingerprint density at radius 3 is 2.77 bits per heavy atom. The van der Waals surface area contributed by atoms with Gasteiger partial charge in [-0.2, -0.15) is 11.8 Å². The zero-order chi connectivity index (χ0) is 9.52. The number of thioether (sulfide) groups is 1. The van der Waals surface area contributed by atoms with Crippen LogP contribution >= 0.6 is 11.8 Å². The molecule has 1 aliphatic rings. The van der Waals surface area contributed by atoms with Gasteiger partial charge in [0.05, 0.1) is 0 Å². The normalized spacial score (nSPS) is 21.7. The van der Waals surface area contributed by atoms with Crippen LogP contribution in [0.5, 0.6) is 0 Å². The maximum atomic E-state index is 5.51. The van der Waals surface area contributed by atoms with Gasteiger partial charge in [-0.25, -0.2) is 0 Å². The molecule has 1 fully saturated rings. The topological polar surface area (TPSA) is 38.0 Å². The molecule has 0 aromatic carbocycles. The lowest BCUT2D eigenvalue weighted by molar-refractivity contribution is 0.407. The Balaban J connectivity index is 2.03. The van der Waals surface area contributed by atoms with E-state index < -0.39 is 0 Å². The molecule has 3 heteroatoms. The molecule has 0 aromatic heterocycles. The molecule has 0 aliphatic carbocycles. The predicted molar refractivity (Wildman–Crippen MR) is 61.2 cm³/mol. The van der Waals surface area contributed by atoms with Crippen molar-refractivity contribution in [2.75, 3.05) is 25.4 Å². The number of nitrogens with one attached hydrogen (secondary N) is 1. The fourth-order valence-corrected chi connectivity index (χ4v) is 2.90. The molecule has 0 amide bonds. The second-order valence-corrected chi connectivity index (χ2v) is 5.39. The SMILES string of the molecule is CC(CCN)SCC1CCNCC1. The van der Waals surface area contributed by atoms with Gasteiger partial charge < -0.3 is 11.1 Å². The highest BCUT2D eigenvalue weighted by atomic mass is 32.2. The van der Waals surface area contributed by atoms with E-state index in [0.717, 1.165) is 24.1 Å². The van der Waals surface area contributed by atoms with Crippen LogP contribution in [0.2, 0.25) is 0 Å². The standard InChI is InChI=1S/C10H22N2S/c1-9(2-5-11)13-8-10-3-6-12-7-4-10/h9-10,12H,2-8,11H2,1H3. The molecule has 0 radical (unpaired) electrons. The summed E-state index contributed by atoms with van der Waals surface area (Å²) in [6.45, 7) is 5.56. The van der Waals surface area contributed by atoms with Crippen LogP contribution < -0.4 is 11.1 Å². The van der Waals surface area contributed by atoms with Gasteiger partial charge in [0.1, 0.15) is 0 Å². The van der Waals surface area contributed by atoms with Gasteiger partial charge in [-0.1, -0.05) is 6.92 Å². The molecule has 1 rings (SSSR count). The first-order valence-corrected chi connectivity index (χ1v) is 6.40. The highest BCUT2D eigenvalue weighted by Gasteiger charge is 2.13. The molecular weight excluding hydrogens is 180 g/mol. The van der Waals surface area contributed by atoms with E-state index >= 15 is 0 Å². The van der Waals surface area contributed by atoms with Crippen molar-refractivity contribution in [3.63, 3.8) is 0 Å². The van der Waals surface area contributed by atoms with E-state index in [-0.39, 0.29) is 0 Å². The summed E-state index contributed by atoms with van der Waals surface area (Å²) in [6, 6.07) is 0. The monoisotopic (exact) mass is 202 g/mol. The number of rotatable bonds is 5. The largest absolute Gasteiger partial charge is 0.330 e. The van der Waals surface area contributed by atoms with Gasteiger partial charge in [-0.3, -0.25) is 0 Å². The average Bonchev–Trinajstić information content (AvgIpc) is 2.17. The fraction of sp³-hybridized carbons (Fsp3) is 1.00. The smallest absolute Gasteiger partial charge is 0.00308 e. The molecule has 1 unspecified atom stereocenters. The van der Waals surface area contributed by atoms with Crippen molar-refractivity contribution in [1.29, 1.82) is 0 Å². The molecule has 1 aliphatic heterocycles. The van der Waals surface area contributed by atoms with Crippen molar-refractivity contribution in [3.05, 3.63) is 0 Å². The molecule has 0 aromatic rings. The van der Waals surface area contributed by atoms with Crippen LogP contribution in [0.25, 0.3) is 0 Å². The molecule has 0 spiro atoms. The molecule has 2 nitrogen and oxygen atoms in total. The number of piperidine rings is 1. The predicted octanol–water partition coefficient (Wildman–Crippen LogP) is 1.46. The van der Waals surface area contributed by atoms with E-state index in [0.29, 0.717) is 0 Å². The summed E-state index contributed by atoms with van der Waals surface area (Å²) in [7, 11) is 0. The van der Waals surface area contributed by atoms with E-state index in [9.17, 15) is 0 Å². The number of hydrogen-bond acceptors (Lipinski definition) is 3. The van der Waals surface area contributed by atoms with Crippen LogP contribution in [-0.4, -0.2) is 30.6 Å². The van der Waals surface area contributed by atoms with Crippen LogP contribution in [0.3, 0.4) is 0 Å². The van der Waals surface area contributed by atoms with Gasteiger partial charge >= 0.3 is 0 Å². The molecule has 1 heterocycles. The van der Waals surface area contributed by atoms with Crippen LogP contribution in [0.15, 0.2) is 0 Å². The second kappa shape index (κ2) is 6.68. The highest BCUT2D eigenvalue weighted by Crippen LogP contribution is 2.22. The summed E-state index contributed by atoms with van der Waals surface area (Å²) in [5, 5.41) is 4.15. The van der Waals surface area contributed by atoms with E-state index in [4.69, 9.17) is 5.73 Å². The molecule has 0 bridgehead atoms. The average molecular weight is 202 g/mol. The van der Waals surface area contributed by atoms with Gasteiger partial charge in [0.2, 0.25) is 0 Å². The summed E-state index contributed by atoms with van der Waals surface area (Å²) >= 11 is 2.10. The van der Waals surface area contributed by atoms with Crippen molar-refractivity contribution in [3.8, 4) is 0 Å². The molecule has 0 saturated carbocycles. The Kier molecular flexibility index (Phi) is 5.83. The van der Waals surface area contributed by atoms with Crippen LogP contribution in [0.1, 0.15) is 26.2 Å². The lowest BCUT2D eigenvalue weighted by Gasteiger charge is -2.23. The summed E-state index contributed by atoms with van der Waals surface area (Å²) in [6.07, 6.45) is 3.89. The fourth-order valence-electron chi connectivity index (χ4n) is 1.67. The molecule has 13 heavy (non-hydrogen) atoms. The van der Waals surface area contributed by atoms with E-state index in [1.54, 1.807) is 0 Å². The van der Waals surface area contributed by atoms with Gasteiger partial charge in [0.25, 0.3) is 0 Å². The summed E-state index contributed by atoms with van der Waals surface area (Å²) in [5.74, 6) is 2.29. The lowest BCUT2D eigenvalue weighted by Crippen LogP contribution is -2.29. The Morgan fingerprint density at radius 2 is 2.15 bits per heavy atom. The minimum atomic E-state index is 0.750. The third-order valence-corrected chi connectivity index (χ3v) is 4.12. The maximum absolute atomic E-state index is 5.51. The van der Waals surface area contributed by atoms with Gasteiger partial charge in [0.15, 0.2) is 0 Å². The van der Waals surface area contributed by atoms with Crippen molar-refractivity contribution in [2.24, 2.45) is 11.7 Å². The van der Waals surface area contributed by atoms with E-state index in [1.165, 1.54) is 31.7 Å². The first-order valence-electron chi connectivity index (χ1n) is 5.35. The van der Waals surface area contributed by atoms with Crippen molar-refractivity contribution in [2.45, 2.75) is 31.4 Å². The van der Waals surface area contributed by atoms with Crippen molar-refractivity contribution in [1.82, 2.24) is 5.32 Å². The van der Waals surface area contributed by atoms with E-state index in [1.807, 2.05) is 0 Å². The first kappa shape index (κ1) is 11.3.